The molecule has 0 spiro atoms. The van der Waals surface area contributed by atoms with Crippen LogP contribution in [0.4, 0.5) is 0 Å². The smallest absolute Gasteiger partial charge is 0.123 e. The van der Waals surface area contributed by atoms with Crippen LogP contribution in [-0.4, -0.2) is 25.0 Å². The van der Waals surface area contributed by atoms with Gasteiger partial charge in [0.05, 0.1) is 13.2 Å². The second-order valence-electron chi connectivity index (χ2n) is 5.77. The molecule has 2 rings (SSSR count). The van der Waals surface area contributed by atoms with E-state index in [9.17, 15) is 0 Å². The highest BCUT2D eigenvalue weighted by Crippen LogP contribution is 2.31. The lowest BCUT2D eigenvalue weighted by atomic mass is 10.0. The molecular weight excluding hydrogens is 343 g/mol. The van der Waals surface area contributed by atoms with Gasteiger partial charge in [-0.3, -0.25) is 0 Å². The highest BCUT2D eigenvalue weighted by molar-refractivity contribution is 6.18. The van der Waals surface area contributed by atoms with E-state index in [1.54, 1.807) is 0 Å². The Labute approximate surface area is 155 Å². The van der Waals surface area contributed by atoms with Gasteiger partial charge in [-0.15, -0.1) is 23.2 Å². The Morgan fingerprint density at radius 2 is 1.54 bits per heavy atom. The minimum Gasteiger partial charge on any atom is -0.494 e. The molecule has 0 unspecified atom stereocenters. The Kier molecular flexibility index (Phi) is 8.55. The lowest BCUT2D eigenvalue weighted by molar-refractivity contribution is 0.307. The Hall–Kier alpha value is -1.12. The lowest BCUT2D eigenvalue weighted by Gasteiger charge is -2.14. The van der Waals surface area contributed by atoms with Gasteiger partial charge < -0.3 is 9.47 Å². The van der Waals surface area contributed by atoms with Gasteiger partial charge in [0.15, 0.2) is 0 Å². The molecule has 0 saturated heterocycles. The number of halogens is 2. The van der Waals surface area contributed by atoms with E-state index in [1.165, 1.54) is 16.3 Å². The molecule has 4 heteroatoms. The highest BCUT2D eigenvalue weighted by Gasteiger charge is 2.08. The minimum atomic E-state index is 0.689. The molecule has 0 fully saturated rings. The third kappa shape index (κ3) is 5.46. The Morgan fingerprint density at radius 1 is 0.833 bits per heavy atom. The molecule has 2 nitrogen and oxygen atoms in total. The van der Waals surface area contributed by atoms with E-state index in [4.69, 9.17) is 32.7 Å². The topological polar surface area (TPSA) is 18.5 Å². The molecule has 0 aliphatic heterocycles. The van der Waals surface area contributed by atoms with Crippen LogP contribution >= 0.6 is 23.2 Å². The van der Waals surface area contributed by atoms with Gasteiger partial charge in [0, 0.05) is 17.3 Å². The molecule has 0 aromatic heterocycles. The number of rotatable bonds is 11. The monoisotopic (exact) mass is 368 g/mol. The molecule has 0 radical (unpaired) electrons. The van der Waals surface area contributed by atoms with Crippen molar-refractivity contribution in [3.63, 3.8) is 0 Å². The molecule has 0 bridgehead atoms. The van der Waals surface area contributed by atoms with Crippen LogP contribution in [0.15, 0.2) is 30.3 Å². The highest BCUT2D eigenvalue weighted by atomic mass is 35.5. The first-order valence-electron chi connectivity index (χ1n) is 8.73. The number of unbranched alkanes of at least 4 members (excludes halogenated alkanes) is 2. The van der Waals surface area contributed by atoms with Crippen LogP contribution in [0, 0.1) is 0 Å². The summed E-state index contributed by atoms with van der Waals surface area (Å²) in [5, 5.41) is 2.43. The molecule has 132 valence electrons. The molecule has 0 atom stereocenters. The quantitative estimate of drug-likeness (QED) is 0.347. The van der Waals surface area contributed by atoms with Crippen molar-refractivity contribution >= 4 is 34.0 Å². The maximum Gasteiger partial charge on any atom is 0.123 e. The van der Waals surface area contributed by atoms with Crippen LogP contribution in [-0.2, 0) is 6.42 Å². The summed E-state index contributed by atoms with van der Waals surface area (Å²) in [5.41, 5.74) is 1.26. The predicted molar refractivity (Wildman–Crippen MR) is 104 cm³/mol. The number of benzene rings is 2. The summed E-state index contributed by atoms with van der Waals surface area (Å²) >= 11 is 11.4. The SMILES string of the molecule is CCc1c(OCCCCCl)ccc2cc(OCCCCCl)ccc12. The van der Waals surface area contributed by atoms with Crippen LogP contribution in [0.2, 0.25) is 0 Å². The van der Waals surface area contributed by atoms with E-state index in [0.717, 1.165) is 43.6 Å². The summed E-state index contributed by atoms with van der Waals surface area (Å²) in [6, 6.07) is 10.5. The van der Waals surface area contributed by atoms with Crippen LogP contribution in [0.1, 0.15) is 38.2 Å². The average Bonchev–Trinajstić information content (AvgIpc) is 2.62. The number of hydrogen-bond acceptors (Lipinski definition) is 2. The molecule has 2 aromatic carbocycles. The van der Waals surface area contributed by atoms with E-state index < -0.39 is 0 Å². The fourth-order valence-electron chi connectivity index (χ4n) is 2.71. The van der Waals surface area contributed by atoms with E-state index >= 15 is 0 Å². The van der Waals surface area contributed by atoms with Crippen molar-refractivity contribution in [2.45, 2.75) is 39.0 Å². The zero-order chi connectivity index (χ0) is 17.2. The molecule has 0 heterocycles. The first kappa shape index (κ1) is 19.2. The van der Waals surface area contributed by atoms with E-state index in [2.05, 4.69) is 31.2 Å². The summed E-state index contributed by atoms with van der Waals surface area (Å²) in [6.45, 7) is 3.59. The van der Waals surface area contributed by atoms with Gasteiger partial charge >= 0.3 is 0 Å². The first-order valence-corrected chi connectivity index (χ1v) is 9.80. The molecule has 0 aliphatic carbocycles. The fraction of sp³-hybridized carbons (Fsp3) is 0.500. The number of alkyl halides is 2. The molecular formula is C20H26Cl2O2. The Bertz CT molecular complexity index is 628. The van der Waals surface area contributed by atoms with Crippen LogP contribution in [0.25, 0.3) is 10.8 Å². The predicted octanol–water partition coefficient (Wildman–Crippen LogP) is 6.20. The third-order valence-corrected chi connectivity index (χ3v) is 4.53. The zero-order valence-corrected chi connectivity index (χ0v) is 15.8. The molecule has 24 heavy (non-hydrogen) atoms. The van der Waals surface area contributed by atoms with Crippen molar-refractivity contribution in [3.05, 3.63) is 35.9 Å². The zero-order valence-electron chi connectivity index (χ0n) is 14.3. The molecule has 2 aromatic rings. The van der Waals surface area contributed by atoms with Gasteiger partial charge in [-0.25, -0.2) is 0 Å². The standard InChI is InChI=1S/C20H26Cl2O2/c1-2-18-19-9-8-17(23-13-5-3-11-21)15-16(19)7-10-20(18)24-14-6-4-12-22/h7-10,15H,2-6,11-14H2,1H3. The van der Waals surface area contributed by atoms with E-state index in [0.29, 0.717) is 25.0 Å². The van der Waals surface area contributed by atoms with Crippen molar-refractivity contribution in [1.82, 2.24) is 0 Å². The normalized spacial score (nSPS) is 11.0. The molecule has 0 N–H and O–H groups in total. The van der Waals surface area contributed by atoms with Crippen molar-refractivity contribution in [2.75, 3.05) is 25.0 Å². The second-order valence-corrected chi connectivity index (χ2v) is 6.52. The summed E-state index contributed by atoms with van der Waals surface area (Å²) in [5.74, 6) is 3.27. The van der Waals surface area contributed by atoms with Gasteiger partial charge in [0.1, 0.15) is 11.5 Å². The van der Waals surface area contributed by atoms with Gasteiger partial charge in [0.2, 0.25) is 0 Å². The third-order valence-electron chi connectivity index (χ3n) is 4.00. The van der Waals surface area contributed by atoms with Crippen molar-refractivity contribution in [3.8, 4) is 11.5 Å². The Morgan fingerprint density at radius 3 is 2.21 bits per heavy atom. The van der Waals surface area contributed by atoms with Gasteiger partial charge in [-0.1, -0.05) is 19.1 Å². The number of aryl methyl sites for hydroxylation is 1. The summed E-state index contributed by atoms with van der Waals surface area (Å²) in [7, 11) is 0. The minimum absolute atomic E-state index is 0.689. The number of fused-ring (bicyclic) bond motifs is 1. The first-order chi connectivity index (χ1) is 11.8. The Balaban J connectivity index is 2.10. The van der Waals surface area contributed by atoms with Gasteiger partial charge in [-0.05, 0) is 61.1 Å². The lowest BCUT2D eigenvalue weighted by Crippen LogP contribution is -2.01. The van der Waals surface area contributed by atoms with Crippen LogP contribution < -0.4 is 9.47 Å². The molecule has 0 amide bonds. The van der Waals surface area contributed by atoms with Crippen molar-refractivity contribution < 1.29 is 9.47 Å². The van der Waals surface area contributed by atoms with Crippen LogP contribution in [0.3, 0.4) is 0 Å². The summed E-state index contributed by atoms with van der Waals surface area (Å²) < 4.78 is 11.8. The van der Waals surface area contributed by atoms with Crippen molar-refractivity contribution in [1.29, 1.82) is 0 Å². The van der Waals surface area contributed by atoms with Crippen molar-refractivity contribution in [2.24, 2.45) is 0 Å². The average molecular weight is 369 g/mol. The van der Waals surface area contributed by atoms with Gasteiger partial charge in [-0.2, -0.15) is 0 Å². The molecule has 0 aliphatic rings. The second kappa shape index (κ2) is 10.7. The summed E-state index contributed by atoms with van der Waals surface area (Å²) in [4.78, 5) is 0. The van der Waals surface area contributed by atoms with E-state index in [1.807, 2.05) is 6.07 Å². The summed E-state index contributed by atoms with van der Waals surface area (Å²) in [6.07, 6.45) is 4.88. The molecule has 0 saturated carbocycles. The maximum atomic E-state index is 5.96. The number of hydrogen-bond donors (Lipinski definition) is 0. The van der Waals surface area contributed by atoms with E-state index in [-0.39, 0.29) is 0 Å². The van der Waals surface area contributed by atoms with Gasteiger partial charge in [0.25, 0.3) is 0 Å². The maximum absolute atomic E-state index is 5.96. The van der Waals surface area contributed by atoms with Crippen LogP contribution in [0.5, 0.6) is 11.5 Å². The fourth-order valence-corrected chi connectivity index (χ4v) is 3.09. The largest absolute Gasteiger partial charge is 0.494 e. The number of ether oxygens (including phenoxy) is 2.